The Bertz CT molecular complexity index is 811. The maximum atomic E-state index is 12.7. The molecule has 1 aliphatic carbocycles. The molecule has 0 radical (unpaired) electrons. The van der Waals surface area contributed by atoms with Gasteiger partial charge in [0.1, 0.15) is 0 Å². The summed E-state index contributed by atoms with van der Waals surface area (Å²) in [5, 5.41) is 16.7. The molecule has 2 heterocycles. The molecule has 1 aromatic heterocycles. The van der Waals surface area contributed by atoms with Crippen LogP contribution in [0.3, 0.4) is 0 Å². The number of nitrogens with zero attached hydrogens (tertiary/aromatic N) is 3. The van der Waals surface area contributed by atoms with E-state index in [4.69, 9.17) is 0 Å². The lowest BCUT2D eigenvalue weighted by molar-refractivity contribution is -0.143. The van der Waals surface area contributed by atoms with Gasteiger partial charge >= 0.3 is 0 Å². The lowest BCUT2D eigenvalue weighted by Gasteiger charge is -2.34. The van der Waals surface area contributed by atoms with E-state index >= 15 is 0 Å². The van der Waals surface area contributed by atoms with E-state index in [2.05, 4.69) is 10.4 Å². The number of hydrogen-bond donors (Lipinski definition) is 2. The number of carbonyl (C=O) groups is 2. The number of rotatable bonds is 3. The normalized spacial score (nSPS) is 22.1. The summed E-state index contributed by atoms with van der Waals surface area (Å²) in [6.07, 6.45) is 3.10. The molecular formula is C19H22N4O3. The van der Waals surface area contributed by atoms with Gasteiger partial charge in [-0.1, -0.05) is 18.2 Å². The summed E-state index contributed by atoms with van der Waals surface area (Å²) in [7, 11) is 0. The number of aliphatic hydroxyl groups excluding tert-OH is 1. The number of benzene rings is 1. The molecule has 0 bridgehead atoms. The third-order valence-corrected chi connectivity index (χ3v) is 5.14. The van der Waals surface area contributed by atoms with Crippen molar-refractivity contribution in [1.82, 2.24) is 14.7 Å². The summed E-state index contributed by atoms with van der Waals surface area (Å²) in [6.45, 7) is 1.71. The van der Waals surface area contributed by atoms with Crippen molar-refractivity contribution in [3.63, 3.8) is 0 Å². The van der Waals surface area contributed by atoms with E-state index in [0.29, 0.717) is 38.0 Å². The molecule has 136 valence electrons. The smallest absolute Gasteiger partial charge is 0.259 e. The lowest BCUT2D eigenvalue weighted by atomic mass is 9.81. The molecule has 2 aliphatic rings. The van der Waals surface area contributed by atoms with Crippen LogP contribution < -0.4 is 5.32 Å². The van der Waals surface area contributed by atoms with Crippen molar-refractivity contribution in [2.75, 3.05) is 11.9 Å². The topological polar surface area (TPSA) is 87.5 Å². The van der Waals surface area contributed by atoms with Crippen LogP contribution in [0.5, 0.6) is 0 Å². The van der Waals surface area contributed by atoms with Gasteiger partial charge in [-0.2, -0.15) is 5.10 Å². The fourth-order valence-electron chi connectivity index (χ4n) is 3.59. The number of aryl methyl sites for hydroxylation is 1. The summed E-state index contributed by atoms with van der Waals surface area (Å²) in [5.41, 5.74) is 1.99. The zero-order valence-corrected chi connectivity index (χ0v) is 14.5. The molecule has 1 aliphatic heterocycles. The van der Waals surface area contributed by atoms with Crippen LogP contribution in [0.4, 0.5) is 5.69 Å². The fourth-order valence-corrected chi connectivity index (χ4v) is 3.59. The minimum Gasteiger partial charge on any atom is -0.393 e. The van der Waals surface area contributed by atoms with Crippen LogP contribution in [-0.4, -0.2) is 44.3 Å². The quantitative estimate of drug-likeness (QED) is 0.877. The van der Waals surface area contributed by atoms with E-state index in [1.165, 1.54) is 0 Å². The SMILES string of the molecule is O=C(Nc1ccccc1)c1cnn2c1CN(C(=O)C1CC(O)C1)CCC2. The van der Waals surface area contributed by atoms with Gasteiger partial charge in [-0.15, -0.1) is 0 Å². The molecule has 7 nitrogen and oxygen atoms in total. The first-order chi connectivity index (χ1) is 12.6. The average molecular weight is 354 g/mol. The van der Waals surface area contributed by atoms with E-state index in [1.54, 1.807) is 11.1 Å². The van der Waals surface area contributed by atoms with Crippen molar-refractivity contribution in [3.8, 4) is 0 Å². The van der Waals surface area contributed by atoms with Crippen LogP contribution in [-0.2, 0) is 17.9 Å². The number of carbonyl (C=O) groups excluding carboxylic acids is 2. The molecule has 2 amide bonds. The maximum absolute atomic E-state index is 12.7. The predicted molar refractivity (Wildman–Crippen MR) is 95.4 cm³/mol. The third kappa shape index (κ3) is 3.22. The minimum atomic E-state index is -0.353. The molecule has 0 atom stereocenters. The molecule has 0 unspecified atom stereocenters. The second-order valence-electron chi connectivity index (χ2n) is 6.98. The van der Waals surface area contributed by atoms with E-state index in [0.717, 1.165) is 17.8 Å². The van der Waals surface area contributed by atoms with Crippen molar-refractivity contribution in [1.29, 1.82) is 0 Å². The van der Waals surface area contributed by atoms with Gasteiger partial charge < -0.3 is 15.3 Å². The number of amides is 2. The van der Waals surface area contributed by atoms with Gasteiger partial charge in [-0.25, -0.2) is 0 Å². The van der Waals surface area contributed by atoms with E-state index in [9.17, 15) is 14.7 Å². The monoisotopic (exact) mass is 354 g/mol. The van der Waals surface area contributed by atoms with Crippen molar-refractivity contribution in [3.05, 3.63) is 47.8 Å². The number of aliphatic hydroxyl groups is 1. The Hall–Kier alpha value is -2.67. The Balaban J connectivity index is 1.52. The first-order valence-electron chi connectivity index (χ1n) is 9.00. The van der Waals surface area contributed by atoms with Crippen molar-refractivity contribution in [2.45, 2.75) is 38.5 Å². The highest BCUT2D eigenvalue weighted by Crippen LogP contribution is 2.30. The highest BCUT2D eigenvalue weighted by molar-refractivity contribution is 6.05. The Morgan fingerprint density at radius 2 is 1.92 bits per heavy atom. The van der Waals surface area contributed by atoms with Crippen molar-refractivity contribution < 1.29 is 14.7 Å². The van der Waals surface area contributed by atoms with Crippen molar-refractivity contribution >= 4 is 17.5 Å². The zero-order valence-electron chi connectivity index (χ0n) is 14.5. The molecule has 0 spiro atoms. The average Bonchev–Trinajstić information content (AvgIpc) is 2.89. The van der Waals surface area contributed by atoms with Gasteiger partial charge in [0.2, 0.25) is 5.91 Å². The van der Waals surface area contributed by atoms with Crippen LogP contribution in [0.1, 0.15) is 35.3 Å². The molecule has 1 aromatic carbocycles. The van der Waals surface area contributed by atoms with Gasteiger partial charge in [0.25, 0.3) is 5.91 Å². The van der Waals surface area contributed by atoms with Crippen LogP contribution in [0, 0.1) is 5.92 Å². The predicted octanol–water partition coefficient (Wildman–Crippen LogP) is 1.64. The van der Waals surface area contributed by atoms with Gasteiger partial charge in [0.05, 0.1) is 30.1 Å². The lowest BCUT2D eigenvalue weighted by Crippen LogP contribution is -2.43. The number of fused-ring (bicyclic) bond motifs is 1. The summed E-state index contributed by atoms with van der Waals surface area (Å²) in [5.74, 6) is -0.244. The van der Waals surface area contributed by atoms with Crippen LogP contribution in [0.15, 0.2) is 36.5 Å². The number of aromatic nitrogens is 2. The van der Waals surface area contributed by atoms with Crippen LogP contribution >= 0.6 is 0 Å². The number of hydrogen-bond acceptors (Lipinski definition) is 4. The Morgan fingerprint density at radius 1 is 1.15 bits per heavy atom. The van der Waals surface area contributed by atoms with E-state index < -0.39 is 0 Å². The highest BCUT2D eigenvalue weighted by Gasteiger charge is 2.36. The van der Waals surface area contributed by atoms with Crippen molar-refractivity contribution in [2.24, 2.45) is 5.92 Å². The number of para-hydroxylation sites is 1. The maximum Gasteiger partial charge on any atom is 0.259 e. The largest absolute Gasteiger partial charge is 0.393 e. The minimum absolute atomic E-state index is 0.0689. The van der Waals surface area contributed by atoms with Gasteiger partial charge in [0.15, 0.2) is 0 Å². The fraction of sp³-hybridized carbons (Fsp3) is 0.421. The van der Waals surface area contributed by atoms with E-state index in [-0.39, 0.29) is 23.8 Å². The standard InChI is InChI=1S/C19H22N4O3/c24-15-9-13(10-15)19(26)22-7-4-8-23-17(12-22)16(11-20-23)18(25)21-14-5-2-1-3-6-14/h1-3,5-6,11,13,15,24H,4,7-10,12H2,(H,21,25). The molecule has 26 heavy (non-hydrogen) atoms. The Kier molecular flexibility index (Phi) is 4.46. The summed E-state index contributed by atoms with van der Waals surface area (Å²) >= 11 is 0. The summed E-state index contributed by atoms with van der Waals surface area (Å²) in [6, 6.07) is 9.28. The molecular weight excluding hydrogens is 332 g/mol. The third-order valence-electron chi connectivity index (χ3n) is 5.14. The first-order valence-corrected chi connectivity index (χ1v) is 9.00. The van der Waals surface area contributed by atoms with Crippen LogP contribution in [0.25, 0.3) is 0 Å². The molecule has 4 rings (SSSR count). The van der Waals surface area contributed by atoms with Gasteiger partial charge in [-0.05, 0) is 31.4 Å². The second-order valence-corrected chi connectivity index (χ2v) is 6.98. The molecule has 2 aromatic rings. The molecule has 1 fully saturated rings. The zero-order chi connectivity index (χ0) is 18.1. The Morgan fingerprint density at radius 3 is 2.65 bits per heavy atom. The summed E-state index contributed by atoms with van der Waals surface area (Å²) in [4.78, 5) is 27.1. The second kappa shape index (κ2) is 6.92. The Labute approximate surface area is 151 Å². The molecule has 2 N–H and O–H groups in total. The molecule has 7 heteroatoms. The van der Waals surface area contributed by atoms with Gasteiger partial charge in [0, 0.05) is 24.7 Å². The molecule has 0 saturated heterocycles. The number of nitrogens with one attached hydrogen (secondary N) is 1. The summed E-state index contributed by atoms with van der Waals surface area (Å²) < 4.78 is 1.82. The van der Waals surface area contributed by atoms with E-state index in [1.807, 2.05) is 35.0 Å². The van der Waals surface area contributed by atoms with Gasteiger partial charge in [-0.3, -0.25) is 14.3 Å². The van der Waals surface area contributed by atoms with Crippen LogP contribution in [0.2, 0.25) is 0 Å². The highest BCUT2D eigenvalue weighted by atomic mass is 16.3. The molecule has 1 saturated carbocycles. The number of anilines is 1. The first kappa shape index (κ1) is 16.8.